The lowest BCUT2D eigenvalue weighted by Crippen LogP contribution is -2.51. The maximum absolute atomic E-state index is 12.8. The smallest absolute Gasteiger partial charge is 0.289 e. The minimum atomic E-state index is -4.01. The maximum atomic E-state index is 12.8. The van der Waals surface area contributed by atoms with Gasteiger partial charge in [0.05, 0.1) is 10.7 Å². The lowest BCUT2D eigenvalue weighted by Gasteiger charge is -2.33. The third kappa shape index (κ3) is 4.18. The van der Waals surface area contributed by atoms with E-state index < -0.39 is 20.6 Å². The maximum Gasteiger partial charge on any atom is 0.289 e. The van der Waals surface area contributed by atoms with Crippen molar-refractivity contribution in [3.8, 4) is 0 Å². The van der Waals surface area contributed by atoms with Gasteiger partial charge in [0, 0.05) is 51.7 Å². The van der Waals surface area contributed by atoms with E-state index in [0.29, 0.717) is 0 Å². The molecule has 0 unspecified atom stereocenters. The predicted molar refractivity (Wildman–Crippen MR) is 102 cm³/mol. The first-order valence-corrected chi connectivity index (χ1v) is 10.8. The van der Waals surface area contributed by atoms with Crippen LogP contribution in [0.3, 0.4) is 0 Å². The van der Waals surface area contributed by atoms with E-state index in [4.69, 9.17) is 0 Å². The van der Waals surface area contributed by atoms with Gasteiger partial charge in [-0.2, -0.15) is 4.31 Å². The summed E-state index contributed by atoms with van der Waals surface area (Å²) < 4.78 is 28.6. The van der Waals surface area contributed by atoms with Crippen molar-refractivity contribution in [2.45, 2.75) is 10.1 Å². The molecule has 0 saturated carbocycles. The van der Waals surface area contributed by atoms with Crippen LogP contribution in [0.4, 0.5) is 5.69 Å². The number of nitro benzene ring substituents is 1. The number of aromatic nitrogens is 2. The second-order valence-corrected chi connectivity index (χ2v) is 8.97. The molecule has 0 radical (unpaired) electrons. The largest absolute Gasteiger partial charge is 0.339 e. The number of thioether (sulfide) groups is 1. The van der Waals surface area contributed by atoms with Crippen molar-refractivity contribution in [3.05, 3.63) is 46.8 Å². The van der Waals surface area contributed by atoms with Gasteiger partial charge in [0.2, 0.25) is 15.9 Å². The summed E-state index contributed by atoms with van der Waals surface area (Å²) in [6, 6.07) is 5.28. The molecule has 1 amide bonds. The van der Waals surface area contributed by atoms with Gasteiger partial charge < -0.3 is 9.47 Å². The van der Waals surface area contributed by atoms with Crippen LogP contribution in [0.2, 0.25) is 0 Å². The molecule has 1 aliphatic heterocycles. The summed E-state index contributed by atoms with van der Waals surface area (Å²) in [6.07, 6.45) is 3.44. The van der Waals surface area contributed by atoms with Crippen molar-refractivity contribution in [1.82, 2.24) is 18.8 Å². The number of nitrogens with zero attached hydrogens (tertiary/aromatic N) is 5. The van der Waals surface area contributed by atoms with Crippen LogP contribution in [0.1, 0.15) is 0 Å². The van der Waals surface area contributed by atoms with Crippen LogP contribution in [0, 0.1) is 10.1 Å². The van der Waals surface area contributed by atoms with E-state index in [9.17, 15) is 23.3 Å². The third-order valence-corrected chi connectivity index (χ3v) is 7.36. The first kappa shape index (κ1) is 20.3. The molecule has 10 nitrogen and oxygen atoms in total. The Morgan fingerprint density at radius 3 is 2.54 bits per heavy atom. The normalized spacial score (nSPS) is 15.5. The van der Waals surface area contributed by atoms with Crippen LogP contribution in [-0.2, 0) is 21.9 Å². The van der Waals surface area contributed by atoms with Crippen LogP contribution in [0.25, 0.3) is 0 Å². The number of piperazine rings is 1. The number of para-hydroxylation sites is 1. The first-order valence-electron chi connectivity index (χ1n) is 8.42. The second-order valence-electron chi connectivity index (χ2n) is 6.12. The molecule has 0 spiro atoms. The number of aryl methyl sites for hydroxylation is 1. The third-order valence-electron chi connectivity index (χ3n) is 4.37. The molecule has 12 heteroatoms. The minimum Gasteiger partial charge on any atom is -0.339 e. The number of imidazole rings is 1. The van der Waals surface area contributed by atoms with Gasteiger partial charge in [-0.05, 0) is 6.07 Å². The van der Waals surface area contributed by atoms with Crippen LogP contribution in [-0.4, -0.2) is 69.9 Å². The van der Waals surface area contributed by atoms with Gasteiger partial charge in [-0.3, -0.25) is 14.9 Å². The fourth-order valence-electron chi connectivity index (χ4n) is 2.85. The zero-order valence-corrected chi connectivity index (χ0v) is 16.7. The summed E-state index contributed by atoms with van der Waals surface area (Å²) in [5.41, 5.74) is -0.451. The summed E-state index contributed by atoms with van der Waals surface area (Å²) in [7, 11) is -2.17. The SMILES string of the molecule is Cn1ccnc1SCC(=O)N1CCN(S(=O)(=O)c2ccccc2[N+](=O)[O-])CC1. The van der Waals surface area contributed by atoms with Crippen molar-refractivity contribution in [2.24, 2.45) is 7.05 Å². The Bertz CT molecular complexity index is 983. The number of sulfonamides is 1. The van der Waals surface area contributed by atoms with E-state index in [1.807, 2.05) is 11.6 Å². The van der Waals surface area contributed by atoms with Gasteiger partial charge in [0.1, 0.15) is 0 Å². The first-order chi connectivity index (χ1) is 13.3. The highest BCUT2D eigenvalue weighted by molar-refractivity contribution is 7.99. The topological polar surface area (TPSA) is 119 Å². The molecule has 1 fully saturated rings. The van der Waals surface area contributed by atoms with Crippen LogP contribution < -0.4 is 0 Å². The van der Waals surface area contributed by atoms with E-state index in [-0.39, 0.29) is 42.7 Å². The Morgan fingerprint density at radius 2 is 1.93 bits per heavy atom. The molecule has 2 aromatic rings. The van der Waals surface area contributed by atoms with Crippen molar-refractivity contribution >= 4 is 33.4 Å². The fourth-order valence-corrected chi connectivity index (χ4v) is 5.27. The van der Waals surface area contributed by atoms with E-state index in [0.717, 1.165) is 5.16 Å². The molecule has 1 aliphatic rings. The summed E-state index contributed by atoms with van der Waals surface area (Å²) >= 11 is 1.32. The Labute approximate surface area is 166 Å². The second kappa shape index (κ2) is 8.29. The highest BCUT2D eigenvalue weighted by Gasteiger charge is 2.34. The van der Waals surface area contributed by atoms with Crippen LogP contribution >= 0.6 is 11.8 Å². The van der Waals surface area contributed by atoms with Crippen molar-refractivity contribution in [3.63, 3.8) is 0 Å². The Kier molecular flexibility index (Phi) is 6.01. The zero-order chi connectivity index (χ0) is 20.3. The number of hydrogen-bond acceptors (Lipinski definition) is 7. The van der Waals surface area contributed by atoms with Gasteiger partial charge in [-0.15, -0.1) is 0 Å². The summed E-state index contributed by atoms with van der Waals surface area (Å²) in [4.78, 5) is 28.2. The van der Waals surface area contributed by atoms with E-state index in [2.05, 4.69) is 4.98 Å². The number of carbonyl (C=O) groups excluding carboxylic acids is 1. The van der Waals surface area contributed by atoms with E-state index in [1.165, 1.54) is 40.3 Å². The monoisotopic (exact) mass is 425 g/mol. The summed E-state index contributed by atoms with van der Waals surface area (Å²) in [6.45, 7) is 0.653. The number of amides is 1. The molecule has 1 aromatic carbocycles. The van der Waals surface area contributed by atoms with E-state index in [1.54, 1.807) is 17.3 Å². The van der Waals surface area contributed by atoms with Gasteiger partial charge in [0.15, 0.2) is 10.1 Å². The molecular weight excluding hydrogens is 406 g/mol. The molecule has 1 saturated heterocycles. The number of nitro groups is 1. The van der Waals surface area contributed by atoms with Gasteiger partial charge >= 0.3 is 0 Å². The lowest BCUT2D eigenvalue weighted by molar-refractivity contribution is -0.387. The fraction of sp³-hybridized carbons (Fsp3) is 0.375. The van der Waals surface area contributed by atoms with Gasteiger partial charge in [-0.1, -0.05) is 23.9 Å². The molecule has 2 heterocycles. The molecule has 28 heavy (non-hydrogen) atoms. The number of carbonyl (C=O) groups is 1. The molecule has 0 atom stereocenters. The Balaban J connectivity index is 1.62. The molecular formula is C16H19N5O5S2. The predicted octanol–water partition coefficient (Wildman–Crippen LogP) is 0.953. The summed E-state index contributed by atoms with van der Waals surface area (Å²) in [5, 5.41) is 11.9. The highest BCUT2D eigenvalue weighted by Crippen LogP contribution is 2.27. The lowest BCUT2D eigenvalue weighted by atomic mass is 10.3. The van der Waals surface area contributed by atoms with Gasteiger partial charge in [0.25, 0.3) is 5.69 Å². The Morgan fingerprint density at radius 1 is 1.25 bits per heavy atom. The molecule has 150 valence electrons. The molecule has 3 rings (SSSR count). The van der Waals surface area contributed by atoms with Crippen LogP contribution in [0.15, 0.2) is 46.7 Å². The molecule has 1 aromatic heterocycles. The highest BCUT2D eigenvalue weighted by atomic mass is 32.2. The number of hydrogen-bond donors (Lipinski definition) is 0. The standard InChI is InChI=1S/C16H19N5O5S2/c1-18-7-6-17-16(18)27-12-15(22)19-8-10-20(11-9-19)28(25,26)14-5-3-2-4-13(14)21(23)24/h2-7H,8-12H2,1H3. The molecule has 0 aliphatic carbocycles. The Hall–Kier alpha value is -2.44. The molecule has 0 bridgehead atoms. The number of rotatable bonds is 6. The zero-order valence-electron chi connectivity index (χ0n) is 15.1. The van der Waals surface area contributed by atoms with Crippen LogP contribution in [0.5, 0.6) is 0 Å². The average molecular weight is 425 g/mol. The molecule has 0 N–H and O–H groups in total. The van der Waals surface area contributed by atoms with Crippen molar-refractivity contribution in [1.29, 1.82) is 0 Å². The van der Waals surface area contributed by atoms with E-state index >= 15 is 0 Å². The summed E-state index contributed by atoms with van der Waals surface area (Å²) in [5.74, 6) is 0.109. The van der Waals surface area contributed by atoms with Crippen molar-refractivity contribution < 1.29 is 18.1 Å². The van der Waals surface area contributed by atoms with Gasteiger partial charge in [-0.25, -0.2) is 13.4 Å². The minimum absolute atomic E-state index is 0.0905. The van der Waals surface area contributed by atoms with Crippen molar-refractivity contribution in [2.75, 3.05) is 31.9 Å². The number of benzene rings is 1. The quantitative estimate of drug-likeness (QED) is 0.384. The average Bonchev–Trinajstić information content (AvgIpc) is 3.11.